The highest BCUT2D eigenvalue weighted by atomic mass is 32.2. The smallest absolute Gasteiger partial charge is 0.261 e. The maximum Gasteiger partial charge on any atom is 0.261 e. The van der Waals surface area contributed by atoms with Gasteiger partial charge in [0, 0.05) is 18.8 Å². The number of sulfonamides is 1. The van der Waals surface area contributed by atoms with Crippen molar-refractivity contribution in [3.8, 4) is 0 Å². The second-order valence-electron chi connectivity index (χ2n) is 6.17. The minimum atomic E-state index is -3.58. The van der Waals surface area contributed by atoms with Crippen LogP contribution in [0.4, 0.5) is 11.4 Å². The molecule has 4 nitrogen and oxygen atoms in total. The molecule has 0 aliphatic heterocycles. The zero-order valence-electron chi connectivity index (χ0n) is 15.5. The first-order chi connectivity index (χ1) is 11.9. The van der Waals surface area contributed by atoms with Crippen molar-refractivity contribution in [1.82, 2.24) is 0 Å². The lowest BCUT2D eigenvalue weighted by Gasteiger charge is -2.22. The van der Waals surface area contributed by atoms with Crippen molar-refractivity contribution in [2.45, 2.75) is 45.4 Å². The van der Waals surface area contributed by atoms with E-state index >= 15 is 0 Å². The summed E-state index contributed by atoms with van der Waals surface area (Å²) in [6, 6.07) is 12.9. The van der Waals surface area contributed by atoms with E-state index in [2.05, 4.69) is 30.4 Å². The van der Waals surface area contributed by atoms with Gasteiger partial charge in [-0.3, -0.25) is 4.72 Å². The number of benzene rings is 2. The van der Waals surface area contributed by atoms with Crippen molar-refractivity contribution < 1.29 is 8.42 Å². The largest absolute Gasteiger partial charge is 0.372 e. The Labute approximate surface area is 151 Å². The summed E-state index contributed by atoms with van der Waals surface area (Å²) in [5.41, 5.74) is 3.79. The van der Waals surface area contributed by atoms with Crippen LogP contribution in [0, 0.1) is 6.92 Å². The summed E-state index contributed by atoms with van der Waals surface area (Å²) in [7, 11) is -3.58. The molecule has 2 rings (SSSR count). The number of anilines is 2. The van der Waals surface area contributed by atoms with Crippen LogP contribution >= 0.6 is 0 Å². The van der Waals surface area contributed by atoms with Gasteiger partial charge in [-0.15, -0.1) is 0 Å². The Bertz CT molecular complexity index is 795. The molecule has 2 aromatic rings. The zero-order valence-corrected chi connectivity index (χ0v) is 16.4. The van der Waals surface area contributed by atoms with Gasteiger partial charge in [-0.2, -0.15) is 0 Å². The molecular formula is C20H28N2O2S. The zero-order chi connectivity index (χ0) is 18.4. The lowest BCUT2D eigenvalue weighted by Crippen LogP contribution is -2.22. The van der Waals surface area contributed by atoms with E-state index in [9.17, 15) is 8.42 Å². The van der Waals surface area contributed by atoms with E-state index in [0.29, 0.717) is 10.6 Å². The fourth-order valence-corrected chi connectivity index (χ4v) is 4.01. The average Bonchev–Trinajstić information content (AvgIpc) is 2.59. The normalized spacial score (nSPS) is 11.4. The summed E-state index contributed by atoms with van der Waals surface area (Å²) < 4.78 is 28.0. The molecule has 0 amide bonds. The van der Waals surface area contributed by atoms with Gasteiger partial charge in [0.05, 0.1) is 10.6 Å². The Balaban J connectivity index is 2.22. The van der Waals surface area contributed by atoms with Gasteiger partial charge in [-0.25, -0.2) is 8.42 Å². The summed E-state index contributed by atoms with van der Waals surface area (Å²) in [4.78, 5) is 2.53. The summed E-state index contributed by atoms with van der Waals surface area (Å²) in [6.45, 7) is 10.1. The van der Waals surface area contributed by atoms with Crippen LogP contribution in [0.15, 0.2) is 47.4 Å². The molecule has 0 bridgehead atoms. The molecule has 0 aliphatic carbocycles. The summed E-state index contributed by atoms with van der Waals surface area (Å²) >= 11 is 0. The van der Waals surface area contributed by atoms with Gasteiger partial charge in [-0.05, 0) is 68.7 Å². The van der Waals surface area contributed by atoms with Crippen molar-refractivity contribution in [2.75, 3.05) is 22.7 Å². The molecule has 2 aromatic carbocycles. The van der Waals surface area contributed by atoms with Gasteiger partial charge in [0.25, 0.3) is 10.0 Å². The molecule has 0 saturated carbocycles. The van der Waals surface area contributed by atoms with Gasteiger partial charge in [0.15, 0.2) is 0 Å². The molecule has 0 unspecified atom stereocenters. The van der Waals surface area contributed by atoms with Crippen LogP contribution < -0.4 is 9.62 Å². The van der Waals surface area contributed by atoms with Gasteiger partial charge in [0.2, 0.25) is 0 Å². The Hall–Kier alpha value is -2.01. The molecule has 0 spiro atoms. The molecule has 0 aliphatic rings. The summed E-state index contributed by atoms with van der Waals surface area (Å²) in [6.07, 6.45) is 2.00. The lowest BCUT2D eigenvalue weighted by molar-refractivity contribution is 0.601. The second kappa shape index (κ2) is 8.39. The van der Waals surface area contributed by atoms with E-state index in [0.717, 1.165) is 42.7 Å². The molecule has 136 valence electrons. The van der Waals surface area contributed by atoms with Crippen LogP contribution in [0.3, 0.4) is 0 Å². The van der Waals surface area contributed by atoms with Gasteiger partial charge in [0.1, 0.15) is 0 Å². The molecule has 0 fully saturated rings. The lowest BCUT2D eigenvalue weighted by atomic mass is 10.1. The predicted octanol–water partition coefficient (Wildman–Crippen LogP) is 4.59. The highest BCUT2D eigenvalue weighted by molar-refractivity contribution is 7.92. The van der Waals surface area contributed by atoms with Gasteiger partial charge < -0.3 is 4.90 Å². The number of nitrogens with one attached hydrogen (secondary N) is 1. The topological polar surface area (TPSA) is 49.4 Å². The highest BCUT2D eigenvalue weighted by Gasteiger charge is 2.15. The number of hydrogen-bond acceptors (Lipinski definition) is 3. The van der Waals surface area contributed by atoms with E-state index in [1.165, 1.54) is 0 Å². The van der Waals surface area contributed by atoms with E-state index < -0.39 is 10.0 Å². The predicted molar refractivity (Wildman–Crippen MR) is 106 cm³/mol. The maximum absolute atomic E-state index is 12.6. The van der Waals surface area contributed by atoms with Crippen LogP contribution in [0.1, 0.15) is 38.3 Å². The molecule has 0 aromatic heterocycles. The van der Waals surface area contributed by atoms with Crippen molar-refractivity contribution in [2.24, 2.45) is 0 Å². The minimum Gasteiger partial charge on any atom is -0.372 e. The molecule has 0 saturated heterocycles. The standard InChI is InChI=1S/C20H28N2O2S/c1-5-8-17-9-12-19(13-10-17)25(23,24)21-20-14-11-18(15-16(20)4)22(6-2)7-3/h9-15,21H,5-8H2,1-4H3. The molecule has 0 heterocycles. The number of rotatable bonds is 8. The SMILES string of the molecule is CCCc1ccc(S(=O)(=O)Nc2ccc(N(CC)CC)cc2C)cc1. The highest BCUT2D eigenvalue weighted by Crippen LogP contribution is 2.25. The monoisotopic (exact) mass is 360 g/mol. The van der Waals surface area contributed by atoms with E-state index in [4.69, 9.17) is 0 Å². The van der Waals surface area contributed by atoms with Crippen LogP contribution in [-0.2, 0) is 16.4 Å². The van der Waals surface area contributed by atoms with Crippen molar-refractivity contribution in [3.63, 3.8) is 0 Å². The summed E-state index contributed by atoms with van der Waals surface area (Å²) in [5, 5.41) is 0. The average molecular weight is 361 g/mol. The first-order valence-electron chi connectivity index (χ1n) is 8.88. The number of nitrogens with zero attached hydrogens (tertiary/aromatic N) is 1. The molecule has 0 radical (unpaired) electrons. The van der Waals surface area contributed by atoms with Crippen LogP contribution in [0.2, 0.25) is 0 Å². The molecule has 5 heteroatoms. The fraction of sp³-hybridized carbons (Fsp3) is 0.400. The third-order valence-electron chi connectivity index (χ3n) is 4.36. The molecule has 1 N–H and O–H groups in total. The van der Waals surface area contributed by atoms with Crippen molar-refractivity contribution in [3.05, 3.63) is 53.6 Å². The Morgan fingerprint density at radius 2 is 1.60 bits per heavy atom. The Morgan fingerprint density at radius 3 is 2.12 bits per heavy atom. The van der Waals surface area contributed by atoms with E-state index in [1.54, 1.807) is 12.1 Å². The maximum atomic E-state index is 12.6. The molecule has 0 atom stereocenters. The van der Waals surface area contributed by atoms with Crippen molar-refractivity contribution in [1.29, 1.82) is 0 Å². The number of aryl methyl sites for hydroxylation is 2. The van der Waals surface area contributed by atoms with Gasteiger partial charge in [-0.1, -0.05) is 25.5 Å². The van der Waals surface area contributed by atoms with Crippen LogP contribution in [0.5, 0.6) is 0 Å². The molecule has 25 heavy (non-hydrogen) atoms. The third-order valence-corrected chi connectivity index (χ3v) is 5.74. The summed E-state index contributed by atoms with van der Waals surface area (Å²) in [5.74, 6) is 0. The van der Waals surface area contributed by atoms with Crippen molar-refractivity contribution >= 4 is 21.4 Å². The fourth-order valence-electron chi connectivity index (χ4n) is 2.88. The van der Waals surface area contributed by atoms with Crippen LogP contribution in [0.25, 0.3) is 0 Å². The van der Waals surface area contributed by atoms with E-state index in [-0.39, 0.29) is 0 Å². The minimum absolute atomic E-state index is 0.291. The van der Waals surface area contributed by atoms with E-state index in [1.807, 2.05) is 37.3 Å². The number of hydrogen-bond donors (Lipinski definition) is 1. The first kappa shape index (κ1) is 19.3. The van der Waals surface area contributed by atoms with Gasteiger partial charge >= 0.3 is 0 Å². The van der Waals surface area contributed by atoms with Crippen LogP contribution in [-0.4, -0.2) is 21.5 Å². The quantitative estimate of drug-likeness (QED) is 0.749. The third kappa shape index (κ3) is 4.75. The second-order valence-corrected chi connectivity index (χ2v) is 7.85. The molecular weight excluding hydrogens is 332 g/mol. The Morgan fingerprint density at radius 1 is 0.960 bits per heavy atom. The Kier molecular flexibility index (Phi) is 6.48. The first-order valence-corrected chi connectivity index (χ1v) is 10.4.